The predicted octanol–water partition coefficient (Wildman–Crippen LogP) is 3.65. The summed E-state index contributed by atoms with van der Waals surface area (Å²) >= 11 is 3.44. The van der Waals surface area contributed by atoms with Crippen molar-refractivity contribution in [2.75, 3.05) is 7.11 Å². The molecule has 0 saturated heterocycles. The zero-order valence-electron chi connectivity index (χ0n) is 12.0. The maximum absolute atomic E-state index is 13.4. The van der Waals surface area contributed by atoms with Crippen LogP contribution in [-0.2, 0) is 6.42 Å². The minimum Gasteiger partial charge on any atom is -0.496 e. The summed E-state index contributed by atoms with van der Waals surface area (Å²) in [4.78, 5) is 0. The van der Waals surface area contributed by atoms with E-state index < -0.39 is 0 Å². The van der Waals surface area contributed by atoms with Crippen molar-refractivity contribution in [1.82, 2.24) is 5.43 Å². The van der Waals surface area contributed by atoms with E-state index in [1.165, 1.54) is 12.1 Å². The Balaban J connectivity index is 2.27. The van der Waals surface area contributed by atoms with Crippen molar-refractivity contribution >= 4 is 15.9 Å². The van der Waals surface area contributed by atoms with Gasteiger partial charge in [-0.3, -0.25) is 11.3 Å². The highest BCUT2D eigenvalue weighted by Crippen LogP contribution is 2.27. The van der Waals surface area contributed by atoms with E-state index in [0.717, 1.165) is 26.9 Å². The minimum atomic E-state index is -0.255. The lowest BCUT2D eigenvalue weighted by Gasteiger charge is -2.18. The largest absolute Gasteiger partial charge is 0.496 e. The van der Waals surface area contributed by atoms with Crippen molar-refractivity contribution in [2.45, 2.75) is 19.4 Å². The van der Waals surface area contributed by atoms with Crippen LogP contribution in [0.15, 0.2) is 40.9 Å². The van der Waals surface area contributed by atoms with Crippen LogP contribution in [0.5, 0.6) is 5.75 Å². The third-order valence-corrected chi connectivity index (χ3v) is 4.23. The van der Waals surface area contributed by atoms with Gasteiger partial charge in [-0.2, -0.15) is 0 Å². The summed E-state index contributed by atoms with van der Waals surface area (Å²) < 4.78 is 19.5. The number of aryl methyl sites for hydroxylation is 1. The number of halogens is 2. The molecule has 1 unspecified atom stereocenters. The van der Waals surface area contributed by atoms with Crippen molar-refractivity contribution in [3.05, 3.63) is 63.4 Å². The van der Waals surface area contributed by atoms with Gasteiger partial charge in [0.15, 0.2) is 0 Å². The lowest BCUT2D eigenvalue weighted by atomic mass is 9.97. The number of hydrogen-bond acceptors (Lipinski definition) is 3. The highest BCUT2D eigenvalue weighted by Gasteiger charge is 2.14. The minimum absolute atomic E-state index is 0.104. The van der Waals surface area contributed by atoms with Gasteiger partial charge in [-0.25, -0.2) is 4.39 Å². The zero-order valence-corrected chi connectivity index (χ0v) is 13.6. The molecule has 1 atom stereocenters. The van der Waals surface area contributed by atoms with Gasteiger partial charge in [0.05, 0.1) is 13.2 Å². The molecule has 0 bridgehead atoms. The van der Waals surface area contributed by atoms with Gasteiger partial charge in [0, 0.05) is 4.47 Å². The van der Waals surface area contributed by atoms with Gasteiger partial charge in [0.25, 0.3) is 0 Å². The Morgan fingerprint density at radius 2 is 2.05 bits per heavy atom. The van der Waals surface area contributed by atoms with E-state index in [1.54, 1.807) is 13.2 Å². The molecular formula is C16H18BrFN2O. The molecule has 21 heavy (non-hydrogen) atoms. The Kier molecular flexibility index (Phi) is 5.33. The van der Waals surface area contributed by atoms with E-state index >= 15 is 0 Å². The van der Waals surface area contributed by atoms with Gasteiger partial charge in [-0.05, 0) is 54.3 Å². The van der Waals surface area contributed by atoms with Crippen molar-refractivity contribution < 1.29 is 9.13 Å². The van der Waals surface area contributed by atoms with Gasteiger partial charge in [0.2, 0.25) is 0 Å². The molecule has 0 fully saturated rings. The molecule has 3 nitrogen and oxygen atoms in total. The predicted molar refractivity (Wildman–Crippen MR) is 85.6 cm³/mol. The highest BCUT2D eigenvalue weighted by atomic mass is 79.9. The number of methoxy groups -OCH3 is 1. The van der Waals surface area contributed by atoms with Gasteiger partial charge >= 0.3 is 0 Å². The second-order valence-electron chi connectivity index (χ2n) is 4.89. The SMILES string of the molecule is COc1ccc(C(Cc2cc(F)ccc2Br)NN)cc1C. The van der Waals surface area contributed by atoms with E-state index in [-0.39, 0.29) is 11.9 Å². The van der Waals surface area contributed by atoms with Gasteiger partial charge < -0.3 is 4.74 Å². The van der Waals surface area contributed by atoms with Crippen LogP contribution in [0.4, 0.5) is 4.39 Å². The Morgan fingerprint density at radius 3 is 2.67 bits per heavy atom. The highest BCUT2D eigenvalue weighted by molar-refractivity contribution is 9.10. The summed E-state index contributed by atoms with van der Waals surface area (Å²) in [5.41, 5.74) is 5.73. The number of hydrogen-bond donors (Lipinski definition) is 2. The lowest BCUT2D eigenvalue weighted by Crippen LogP contribution is -2.29. The molecule has 0 aliphatic carbocycles. The van der Waals surface area contributed by atoms with Crippen molar-refractivity contribution in [3.8, 4) is 5.75 Å². The second-order valence-corrected chi connectivity index (χ2v) is 5.74. The lowest BCUT2D eigenvalue weighted by molar-refractivity contribution is 0.411. The molecule has 0 aliphatic rings. The van der Waals surface area contributed by atoms with E-state index in [2.05, 4.69) is 21.4 Å². The Labute approximate surface area is 132 Å². The fourth-order valence-corrected chi connectivity index (χ4v) is 2.72. The van der Waals surface area contributed by atoms with Crippen LogP contribution in [0.1, 0.15) is 22.7 Å². The first-order valence-electron chi connectivity index (χ1n) is 6.59. The number of benzene rings is 2. The number of rotatable bonds is 5. The molecular weight excluding hydrogens is 335 g/mol. The van der Waals surface area contributed by atoms with Crippen LogP contribution in [-0.4, -0.2) is 7.11 Å². The van der Waals surface area contributed by atoms with Crippen molar-refractivity contribution in [2.24, 2.45) is 5.84 Å². The summed E-state index contributed by atoms with van der Waals surface area (Å²) in [7, 11) is 1.64. The molecule has 0 aromatic heterocycles. The molecule has 0 saturated carbocycles. The van der Waals surface area contributed by atoms with Crippen LogP contribution in [0.3, 0.4) is 0 Å². The van der Waals surface area contributed by atoms with Crippen LogP contribution in [0.25, 0.3) is 0 Å². The molecule has 2 aromatic rings. The fourth-order valence-electron chi connectivity index (χ4n) is 2.31. The smallest absolute Gasteiger partial charge is 0.123 e. The van der Waals surface area contributed by atoms with Gasteiger partial charge in [0.1, 0.15) is 11.6 Å². The summed E-state index contributed by atoms with van der Waals surface area (Å²) in [5, 5.41) is 0. The van der Waals surface area contributed by atoms with Crippen LogP contribution in [0, 0.1) is 12.7 Å². The molecule has 112 valence electrons. The van der Waals surface area contributed by atoms with Crippen LogP contribution < -0.4 is 16.0 Å². The standard InChI is InChI=1S/C16H18BrFN2O/c1-10-7-11(3-6-16(10)21-2)15(20-19)9-12-8-13(18)4-5-14(12)17/h3-8,15,20H,9,19H2,1-2H3. The summed E-state index contributed by atoms with van der Waals surface area (Å²) in [6.45, 7) is 1.98. The van der Waals surface area contributed by atoms with E-state index in [0.29, 0.717) is 6.42 Å². The molecule has 0 spiro atoms. The molecule has 0 radical (unpaired) electrons. The maximum Gasteiger partial charge on any atom is 0.123 e. The van der Waals surface area contributed by atoms with Crippen molar-refractivity contribution in [3.63, 3.8) is 0 Å². The molecule has 5 heteroatoms. The first-order chi connectivity index (χ1) is 10.0. The second kappa shape index (κ2) is 7.02. The van der Waals surface area contributed by atoms with E-state index in [4.69, 9.17) is 10.6 Å². The molecule has 2 rings (SSSR count). The first kappa shape index (κ1) is 15.9. The van der Waals surface area contributed by atoms with Gasteiger partial charge in [-0.15, -0.1) is 0 Å². The van der Waals surface area contributed by atoms with Crippen molar-refractivity contribution in [1.29, 1.82) is 0 Å². The van der Waals surface area contributed by atoms with E-state index in [1.807, 2.05) is 25.1 Å². The van der Waals surface area contributed by atoms with Crippen LogP contribution in [0.2, 0.25) is 0 Å². The topological polar surface area (TPSA) is 47.3 Å². The molecule has 0 aliphatic heterocycles. The number of nitrogens with one attached hydrogen (secondary N) is 1. The average Bonchev–Trinajstić information content (AvgIpc) is 2.48. The normalized spacial score (nSPS) is 12.2. The molecule has 0 heterocycles. The summed E-state index contributed by atoms with van der Waals surface area (Å²) in [6, 6.07) is 10.4. The Hall–Kier alpha value is -1.43. The number of hydrazine groups is 1. The third kappa shape index (κ3) is 3.81. The molecule has 0 amide bonds. The molecule has 2 aromatic carbocycles. The molecule has 3 N–H and O–H groups in total. The quantitative estimate of drug-likeness (QED) is 0.637. The summed E-state index contributed by atoms with van der Waals surface area (Å²) in [6.07, 6.45) is 0.584. The average molecular weight is 353 g/mol. The first-order valence-corrected chi connectivity index (χ1v) is 7.39. The zero-order chi connectivity index (χ0) is 15.4. The van der Waals surface area contributed by atoms with Crippen LogP contribution >= 0.6 is 15.9 Å². The maximum atomic E-state index is 13.4. The Bertz CT molecular complexity index is 634. The Morgan fingerprint density at radius 1 is 1.29 bits per heavy atom. The summed E-state index contributed by atoms with van der Waals surface area (Å²) in [5.74, 6) is 6.25. The van der Waals surface area contributed by atoms with E-state index in [9.17, 15) is 4.39 Å². The van der Waals surface area contributed by atoms with Gasteiger partial charge in [-0.1, -0.05) is 28.1 Å². The third-order valence-electron chi connectivity index (χ3n) is 3.45. The fraction of sp³-hybridized carbons (Fsp3) is 0.250. The number of nitrogens with two attached hydrogens (primary N) is 1. The number of ether oxygens (including phenoxy) is 1. The monoisotopic (exact) mass is 352 g/mol.